The number of carbonyl (C=O) groups is 3. The summed E-state index contributed by atoms with van der Waals surface area (Å²) in [4.78, 5) is 35.7. The van der Waals surface area contributed by atoms with Gasteiger partial charge in [-0.05, 0) is 30.2 Å². The Labute approximate surface area is 128 Å². The lowest BCUT2D eigenvalue weighted by atomic mass is 10.1. The second-order valence-corrected chi connectivity index (χ2v) is 5.00. The molecule has 0 aliphatic carbocycles. The number of ether oxygens (including phenoxy) is 1. The van der Waals surface area contributed by atoms with Crippen LogP contribution in [-0.2, 0) is 14.4 Å². The van der Waals surface area contributed by atoms with Gasteiger partial charge in [0.15, 0.2) is 0 Å². The molecule has 1 saturated heterocycles. The second-order valence-electron chi connectivity index (χ2n) is 5.00. The highest BCUT2D eigenvalue weighted by Crippen LogP contribution is 2.19. The Morgan fingerprint density at radius 1 is 1.32 bits per heavy atom. The summed E-state index contributed by atoms with van der Waals surface area (Å²) in [5.74, 6) is -1.28. The number of rotatable bonds is 6. The number of amides is 1. The number of Topliss-reactive ketones (excluding diaryl/α,β-unsaturated/α-hetero) is 1. The van der Waals surface area contributed by atoms with E-state index in [1.165, 1.54) is 4.90 Å². The van der Waals surface area contributed by atoms with E-state index < -0.39 is 17.7 Å². The molecule has 0 bridgehead atoms. The van der Waals surface area contributed by atoms with Gasteiger partial charge >= 0.3 is 5.97 Å². The van der Waals surface area contributed by atoms with Crippen LogP contribution >= 0.6 is 0 Å². The van der Waals surface area contributed by atoms with Gasteiger partial charge in [-0.15, -0.1) is 0 Å². The molecule has 1 aromatic rings. The third-order valence-corrected chi connectivity index (χ3v) is 3.41. The first-order valence-electron chi connectivity index (χ1n) is 6.91. The fraction of sp³-hybridized carbons (Fsp3) is 0.312. The third kappa shape index (κ3) is 3.72. The van der Waals surface area contributed by atoms with E-state index in [1.54, 1.807) is 37.5 Å². The quantitative estimate of drug-likeness (QED) is 0.633. The topological polar surface area (TPSA) is 83.9 Å². The van der Waals surface area contributed by atoms with E-state index in [2.05, 4.69) is 0 Å². The number of nitrogens with zero attached hydrogens (tertiary/aromatic N) is 1. The fourth-order valence-corrected chi connectivity index (χ4v) is 2.24. The molecule has 0 aromatic heterocycles. The van der Waals surface area contributed by atoms with Gasteiger partial charge in [0.05, 0.1) is 13.7 Å². The largest absolute Gasteiger partial charge is 0.497 e. The maximum Gasteiger partial charge on any atom is 0.303 e. The number of carboxylic acids is 1. The van der Waals surface area contributed by atoms with Gasteiger partial charge in [-0.2, -0.15) is 0 Å². The lowest BCUT2D eigenvalue weighted by molar-refractivity contribution is -0.140. The normalized spacial score (nSPS) is 16.4. The van der Waals surface area contributed by atoms with Crippen molar-refractivity contribution in [1.82, 2.24) is 4.90 Å². The van der Waals surface area contributed by atoms with Crippen molar-refractivity contribution < 1.29 is 24.2 Å². The number of carboxylic acid groups (broad SMARTS) is 1. The molecular formula is C16H17NO5. The number of carbonyl (C=O) groups excluding carboxylic acids is 2. The zero-order chi connectivity index (χ0) is 16.1. The van der Waals surface area contributed by atoms with Crippen LogP contribution in [0.25, 0.3) is 6.08 Å². The molecule has 0 unspecified atom stereocenters. The summed E-state index contributed by atoms with van der Waals surface area (Å²) < 4.78 is 5.06. The Hall–Kier alpha value is -2.63. The van der Waals surface area contributed by atoms with E-state index in [4.69, 9.17) is 9.84 Å². The van der Waals surface area contributed by atoms with Crippen LogP contribution in [-0.4, -0.2) is 47.9 Å². The summed E-state index contributed by atoms with van der Waals surface area (Å²) in [6.07, 6.45) is 2.00. The van der Waals surface area contributed by atoms with E-state index in [0.29, 0.717) is 17.7 Å². The van der Waals surface area contributed by atoms with Crippen molar-refractivity contribution in [3.63, 3.8) is 0 Å². The summed E-state index contributed by atoms with van der Waals surface area (Å²) in [5, 5.41) is 8.60. The number of aliphatic carboxylic acids is 1. The first kappa shape index (κ1) is 15.8. The maximum atomic E-state index is 11.9. The van der Waals surface area contributed by atoms with Crippen molar-refractivity contribution in [2.45, 2.75) is 12.8 Å². The van der Waals surface area contributed by atoms with E-state index in [-0.39, 0.29) is 19.5 Å². The maximum absolute atomic E-state index is 11.9. The van der Waals surface area contributed by atoms with Crippen molar-refractivity contribution in [3.8, 4) is 5.75 Å². The van der Waals surface area contributed by atoms with Gasteiger partial charge in [-0.25, -0.2) is 0 Å². The minimum absolute atomic E-state index is 0.0184. The lowest BCUT2D eigenvalue weighted by Gasteiger charge is -2.12. The SMILES string of the molecule is COc1ccc(C=C2CN(CCCC(=O)O)C(=O)C2=O)cc1. The molecule has 1 aliphatic heterocycles. The standard InChI is InChI=1S/C16H17NO5/c1-22-13-6-4-11(5-7-13)9-12-10-17(16(21)15(12)20)8-2-3-14(18)19/h4-7,9H,2-3,8,10H2,1H3,(H,18,19). The Bertz CT molecular complexity index is 618. The fourth-order valence-electron chi connectivity index (χ4n) is 2.24. The summed E-state index contributed by atoms with van der Waals surface area (Å²) in [5.41, 5.74) is 1.23. The Morgan fingerprint density at radius 2 is 2.00 bits per heavy atom. The molecule has 1 amide bonds. The van der Waals surface area contributed by atoms with Crippen LogP contribution in [0.15, 0.2) is 29.8 Å². The van der Waals surface area contributed by atoms with E-state index in [0.717, 1.165) is 5.56 Å². The molecule has 0 atom stereocenters. The number of hydrogen-bond donors (Lipinski definition) is 1. The van der Waals surface area contributed by atoms with Crippen molar-refractivity contribution in [3.05, 3.63) is 35.4 Å². The summed E-state index contributed by atoms with van der Waals surface area (Å²) in [6, 6.07) is 7.16. The van der Waals surface area contributed by atoms with Gasteiger partial charge in [-0.1, -0.05) is 12.1 Å². The minimum atomic E-state index is -0.910. The molecule has 6 heteroatoms. The van der Waals surface area contributed by atoms with E-state index in [1.807, 2.05) is 0 Å². The first-order chi connectivity index (χ1) is 10.5. The number of hydrogen-bond acceptors (Lipinski definition) is 4. The number of likely N-dealkylation sites (tertiary alicyclic amines) is 1. The van der Waals surface area contributed by atoms with Crippen molar-refractivity contribution >= 4 is 23.7 Å². The van der Waals surface area contributed by atoms with E-state index >= 15 is 0 Å². The highest BCUT2D eigenvalue weighted by atomic mass is 16.5. The summed E-state index contributed by atoms with van der Waals surface area (Å²) >= 11 is 0. The minimum Gasteiger partial charge on any atom is -0.497 e. The molecule has 6 nitrogen and oxygen atoms in total. The molecule has 0 spiro atoms. The van der Waals surface area contributed by atoms with Crippen molar-refractivity contribution in [2.75, 3.05) is 20.2 Å². The first-order valence-corrected chi connectivity index (χ1v) is 6.91. The predicted octanol–water partition coefficient (Wildman–Crippen LogP) is 1.35. The van der Waals surface area contributed by atoms with Gasteiger partial charge in [0.25, 0.3) is 5.91 Å². The zero-order valence-corrected chi connectivity index (χ0v) is 12.2. The molecule has 1 aromatic carbocycles. The number of ketones is 1. The molecule has 22 heavy (non-hydrogen) atoms. The molecule has 116 valence electrons. The lowest BCUT2D eigenvalue weighted by Crippen LogP contribution is -2.28. The Kier molecular flexibility index (Phi) is 4.93. The third-order valence-electron chi connectivity index (χ3n) is 3.41. The van der Waals surface area contributed by atoms with Crippen molar-refractivity contribution in [2.24, 2.45) is 0 Å². The van der Waals surface area contributed by atoms with Crippen LogP contribution in [0.4, 0.5) is 0 Å². The molecule has 0 saturated carbocycles. The summed E-state index contributed by atoms with van der Waals surface area (Å²) in [7, 11) is 1.57. The zero-order valence-electron chi connectivity index (χ0n) is 12.2. The monoisotopic (exact) mass is 303 g/mol. The van der Waals surface area contributed by atoms with Gasteiger partial charge in [0.1, 0.15) is 5.75 Å². The molecule has 1 aliphatic rings. The van der Waals surface area contributed by atoms with E-state index in [9.17, 15) is 14.4 Å². The van der Waals surface area contributed by atoms with Crippen LogP contribution in [0.5, 0.6) is 5.75 Å². The van der Waals surface area contributed by atoms with Gasteiger partial charge in [-0.3, -0.25) is 14.4 Å². The number of benzene rings is 1. The Morgan fingerprint density at radius 3 is 2.59 bits per heavy atom. The molecule has 1 fully saturated rings. The van der Waals surface area contributed by atoms with Crippen LogP contribution in [0.2, 0.25) is 0 Å². The highest BCUT2D eigenvalue weighted by molar-refractivity contribution is 6.45. The second kappa shape index (κ2) is 6.89. The van der Waals surface area contributed by atoms with Crippen LogP contribution < -0.4 is 4.74 Å². The molecule has 1 N–H and O–H groups in total. The van der Waals surface area contributed by atoms with Crippen LogP contribution in [0, 0.1) is 0 Å². The Balaban J connectivity index is 2.05. The van der Waals surface area contributed by atoms with Gasteiger partial charge < -0.3 is 14.7 Å². The average Bonchev–Trinajstić information content (AvgIpc) is 2.76. The average molecular weight is 303 g/mol. The summed E-state index contributed by atoms with van der Waals surface area (Å²) in [6.45, 7) is 0.500. The predicted molar refractivity (Wildman–Crippen MR) is 79.4 cm³/mol. The van der Waals surface area contributed by atoms with Crippen molar-refractivity contribution in [1.29, 1.82) is 0 Å². The smallest absolute Gasteiger partial charge is 0.303 e. The molecular weight excluding hydrogens is 286 g/mol. The van der Waals surface area contributed by atoms with Crippen LogP contribution in [0.3, 0.4) is 0 Å². The molecule has 2 rings (SSSR count). The van der Waals surface area contributed by atoms with Gasteiger partial charge in [0, 0.05) is 18.5 Å². The highest BCUT2D eigenvalue weighted by Gasteiger charge is 2.33. The van der Waals surface area contributed by atoms with Gasteiger partial charge in [0.2, 0.25) is 5.78 Å². The number of methoxy groups -OCH3 is 1. The van der Waals surface area contributed by atoms with Crippen LogP contribution in [0.1, 0.15) is 18.4 Å². The molecule has 0 radical (unpaired) electrons. The molecule has 1 heterocycles.